The van der Waals surface area contributed by atoms with Gasteiger partial charge in [0.05, 0.1) is 0 Å². The van der Waals surface area contributed by atoms with Crippen LogP contribution in [0.2, 0.25) is 0 Å². The van der Waals surface area contributed by atoms with E-state index in [2.05, 4.69) is 26.9 Å². The molecule has 6 nitrogen and oxygen atoms in total. The van der Waals surface area contributed by atoms with E-state index in [1.807, 2.05) is 36.4 Å². The average molecular weight is 385 g/mol. The van der Waals surface area contributed by atoms with Gasteiger partial charge < -0.3 is 4.52 Å². The number of hydrogen-bond donors (Lipinski definition) is 1. The molecule has 0 aliphatic carbocycles. The first kappa shape index (κ1) is 18.2. The molecule has 0 unspecified atom stereocenters. The number of benzene rings is 2. The van der Waals surface area contributed by atoms with Crippen molar-refractivity contribution in [1.82, 2.24) is 14.8 Å². The number of fused-ring (bicyclic) bond motifs is 1. The van der Waals surface area contributed by atoms with Crippen molar-refractivity contribution in [3.63, 3.8) is 0 Å². The number of para-hydroxylation sites is 1. The van der Waals surface area contributed by atoms with Crippen LogP contribution in [-0.4, -0.2) is 37.6 Å². The van der Waals surface area contributed by atoms with E-state index in [1.165, 1.54) is 5.56 Å². The predicted octanol–water partition coefficient (Wildman–Crippen LogP) is 2.91. The monoisotopic (exact) mass is 385 g/mol. The molecule has 0 atom stereocenters. The molecule has 0 radical (unpaired) electrons. The molecule has 27 heavy (non-hydrogen) atoms. The van der Waals surface area contributed by atoms with E-state index < -0.39 is 10.0 Å². The fourth-order valence-corrected chi connectivity index (χ4v) is 4.96. The van der Waals surface area contributed by atoms with Crippen molar-refractivity contribution in [3.8, 4) is 0 Å². The average Bonchev–Trinajstić information content (AvgIpc) is 3.06. The van der Waals surface area contributed by atoms with Crippen LogP contribution in [-0.2, 0) is 22.3 Å². The smallest absolute Gasteiger partial charge is 0.217 e. The summed E-state index contributed by atoms with van der Waals surface area (Å²) < 4.78 is 33.2. The molecule has 4 rings (SSSR count). The van der Waals surface area contributed by atoms with E-state index in [1.54, 1.807) is 6.07 Å². The van der Waals surface area contributed by atoms with Gasteiger partial charge in [0.15, 0.2) is 5.58 Å². The molecule has 2 heterocycles. The van der Waals surface area contributed by atoms with Crippen molar-refractivity contribution in [1.29, 1.82) is 0 Å². The van der Waals surface area contributed by atoms with E-state index >= 15 is 0 Å². The molecule has 0 spiro atoms. The third-order valence-corrected chi connectivity index (χ3v) is 6.31. The first-order valence-electron chi connectivity index (χ1n) is 9.19. The zero-order valence-corrected chi connectivity index (χ0v) is 15.9. The summed E-state index contributed by atoms with van der Waals surface area (Å²) in [5.41, 5.74) is 2.35. The zero-order valence-electron chi connectivity index (χ0n) is 15.0. The Balaban J connectivity index is 1.33. The summed E-state index contributed by atoms with van der Waals surface area (Å²) in [6.45, 7) is 2.68. The topological polar surface area (TPSA) is 75.4 Å². The minimum Gasteiger partial charge on any atom is -0.356 e. The second kappa shape index (κ2) is 7.80. The minimum absolute atomic E-state index is 0.0276. The van der Waals surface area contributed by atoms with E-state index in [9.17, 15) is 8.42 Å². The Kier molecular flexibility index (Phi) is 5.24. The minimum atomic E-state index is -3.46. The van der Waals surface area contributed by atoms with Crippen LogP contribution in [0.3, 0.4) is 0 Å². The normalized spacial score (nSPS) is 16.7. The van der Waals surface area contributed by atoms with Gasteiger partial charge in [-0.05, 0) is 30.5 Å². The lowest BCUT2D eigenvalue weighted by atomic mass is 10.1. The molecule has 1 aliphatic rings. The van der Waals surface area contributed by atoms with Gasteiger partial charge in [-0.3, -0.25) is 4.90 Å². The molecule has 1 aliphatic heterocycles. The van der Waals surface area contributed by atoms with Crippen LogP contribution < -0.4 is 4.72 Å². The van der Waals surface area contributed by atoms with Crippen LogP contribution in [0.25, 0.3) is 11.0 Å². The highest BCUT2D eigenvalue weighted by Crippen LogP contribution is 2.20. The lowest BCUT2D eigenvalue weighted by molar-refractivity contribution is 0.200. The fourth-order valence-electron chi connectivity index (χ4n) is 3.57. The third-order valence-electron chi connectivity index (χ3n) is 4.96. The third kappa shape index (κ3) is 4.55. The first-order chi connectivity index (χ1) is 13.1. The van der Waals surface area contributed by atoms with Crippen molar-refractivity contribution in [2.45, 2.75) is 31.2 Å². The Hall–Kier alpha value is -2.22. The molecule has 1 saturated heterocycles. The Bertz CT molecular complexity index is 993. The second-order valence-corrected chi connectivity index (χ2v) is 8.79. The van der Waals surface area contributed by atoms with E-state index in [0.717, 1.165) is 37.9 Å². The summed E-state index contributed by atoms with van der Waals surface area (Å²) in [4.78, 5) is 2.37. The van der Waals surface area contributed by atoms with Gasteiger partial charge in [0, 0.05) is 31.1 Å². The number of nitrogens with zero attached hydrogens (tertiary/aromatic N) is 2. The molecule has 1 fully saturated rings. The van der Waals surface area contributed by atoms with Gasteiger partial charge >= 0.3 is 0 Å². The lowest BCUT2D eigenvalue weighted by Gasteiger charge is -2.32. The highest BCUT2D eigenvalue weighted by atomic mass is 32.2. The molecule has 142 valence electrons. The van der Waals surface area contributed by atoms with Gasteiger partial charge in [-0.2, -0.15) is 0 Å². The van der Waals surface area contributed by atoms with Crippen LogP contribution >= 0.6 is 0 Å². The summed E-state index contributed by atoms with van der Waals surface area (Å²) in [5, 5.41) is 4.68. The summed E-state index contributed by atoms with van der Waals surface area (Å²) in [6, 6.07) is 17.6. The summed E-state index contributed by atoms with van der Waals surface area (Å²) >= 11 is 0. The second-order valence-electron chi connectivity index (χ2n) is 7.04. The number of piperidine rings is 1. The molecule has 0 amide bonds. The van der Waals surface area contributed by atoms with Crippen molar-refractivity contribution in [3.05, 3.63) is 65.9 Å². The summed E-state index contributed by atoms with van der Waals surface area (Å²) in [6.07, 6.45) is 1.62. The maximum atomic E-state index is 12.6. The Labute approximate surface area is 159 Å². The maximum Gasteiger partial charge on any atom is 0.217 e. The van der Waals surface area contributed by atoms with Crippen LogP contribution in [0, 0.1) is 0 Å². The molecule has 0 bridgehead atoms. The van der Waals surface area contributed by atoms with Crippen LogP contribution in [0.4, 0.5) is 0 Å². The fraction of sp³-hybridized carbons (Fsp3) is 0.350. The number of rotatable bonds is 6. The highest BCUT2D eigenvalue weighted by molar-refractivity contribution is 7.88. The number of likely N-dealkylation sites (tertiary alicyclic amines) is 1. The number of hydrogen-bond acceptors (Lipinski definition) is 5. The van der Waals surface area contributed by atoms with Crippen molar-refractivity contribution >= 4 is 21.0 Å². The maximum absolute atomic E-state index is 12.6. The Morgan fingerprint density at radius 1 is 1.04 bits per heavy atom. The molecule has 1 aromatic heterocycles. The molecule has 0 saturated carbocycles. The Morgan fingerprint density at radius 2 is 1.74 bits per heavy atom. The standard InChI is InChI=1S/C20H23N3O3S/c24-27(25,15-19-18-8-4-5-9-20(18)26-21-19)22-17-10-12-23(13-11-17)14-16-6-2-1-3-7-16/h1-9,17,22H,10-15H2. The number of aromatic nitrogens is 1. The molecular formula is C20H23N3O3S. The number of sulfonamides is 1. The van der Waals surface area contributed by atoms with Gasteiger partial charge in [-0.1, -0.05) is 47.6 Å². The van der Waals surface area contributed by atoms with Crippen molar-refractivity contribution in [2.75, 3.05) is 13.1 Å². The van der Waals surface area contributed by atoms with E-state index in [-0.39, 0.29) is 11.8 Å². The van der Waals surface area contributed by atoms with Crippen molar-refractivity contribution < 1.29 is 12.9 Å². The van der Waals surface area contributed by atoms with Gasteiger partial charge in [0.1, 0.15) is 11.4 Å². The quantitative estimate of drug-likeness (QED) is 0.706. The van der Waals surface area contributed by atoms with E-state index in [4.69, 9.17) is 4.52 Å². The predicted molar refractivity (Wildman–Crippen MR) is 105 cm³/mol. The summed E-state index contributed by atoms with van der Waals surface area (Å²) in [5.74, 6) is -0.158. The van der Waals surface area contributed by atoms with E-state index in [0.29, 0.717) is 11.3 Å². The SMILES string of the molecule is O=S(=O)(Cc1noc2ccccc12)NC1CCN(Cc2ccccc2)CC1. The van der Waals surface area contributed by atoms with Gasteiger partial charge in [-0.25, -0.2) is 13.1 Å². The first-order valence-corrected chi connectivity index (χ1v) is 10.8. The van der Waals surface area contributed by atoms with Crippen LogP contribution in [0.15, 0.2) is 59.1 Å². The molecule has 3 aromatic rings. The Morgan fingerprint density at radius 3 is 2.52 bits per heavy atom. The lowest BCUT2D eigenvalue weighted by Crippen LogP contribution is -2.44. The molecule has 7 heteroatoms. The zero-order chi connectivity index (χ0) is 18.7. The molecule has 1 N–H and O–H groups in total. The van der Waals surface area contributed by atoms with Gasteiger partial charge in [0.25, 0.3) is 0 Å². The van der Waals surface area contributed by atoms with Crippen LogP contribution in [0.1, 0.15) is 24.1 Å². The molecule has 2 aromatic carbocycles. The summed E-state index contributed by atoms with van der Waals surface area (Å²) in [7, 11) is -3.46. The highest BCUT2D eigenvalue weighted by Gasteiger charge is 2.25. The van der Waals surface area contributed by atoms with Gasteiger partial charge in [-0.15, -0.1) is 0 Å². The van der Waals surface area contributed by atoms with Crippen LogP contribution in [0.5, 0.6) is 0 Å². The molecular weight excluding hydrogens is 362 g/mol. The number of nitrogens with one attached hydrogen (secondary N) is 1. The van der Waals surface area contributed by atoms with Crippen molar-refractivity contribution in [2.24, 2.45) is 0 Å². The van der Waals surface area contributed by atoms with Gasteiger partial charge in [0.2, 0.25) is 10.0 Å². The largest absolute Gasteiger partial charge is 0.356 e.